The summed E-state index contributed by atoms with van der Waals surface area (Å²) in [5.41, 5.74) is 1.75. The van der Waals surface area contributed by atoms with Crippen LogP contribution >= 0.6 is 0 Å². The summed E-state index contributed by atoms with van der Waals surface area (Å²) in [7, 11) is 0. The molecule has 1 aliphatic carbocycles. The van der Waals surface area contributed by atoms with Gasteiger partial charge in [-0.05, 0) is 46.5 Å². The van der Waals surface area contributed by atoms with E-state index >= 15 is 0 Å². The summed E-state index contributed by atoms with van der Waals surface area (Å²) in [5, 5.41) is 4.30. The van der Waals surface area contributed by atoms with Crippen molar-refractivity contribution in [3.63, 3.8) is 0 Å². The Bertz CT molecular complexity index is 838. The van der Waals surface area contributed by atoms with Crippen LogP contribution in [0.4, 0.5) is 5.82 Å². The summed E-state index contributed by atoms with van der Waals surface area (Å²) in [6.45, 7) is 7.55. The minimum Gasteiger partial charge on any atom is -0.443 e. The summed E-state index contributed by atoms with van der Waals surface area (Å²) in [6, 6.07) is 0.369. The number of amides is 1. The molecule has 0 unspecified atom stereocenters. The number of hydrogen-bond acceptors (Lipinski definition) is 5. The van der Waals surface area contributed by atoms with E-state index in [0.717, 1.165) is 54.8 Å². The second-order valence-electron chi connectivity index (χ2n) is 8.19. The van der Waals surface area contributed by atoms with Crippen molar-refractivity contribution in [3.05, 3.63) is 17.1 Å². The van der Waals surface area contributed by atoms with Gasteiger partial charge >= 0.3 is 0 Å². The first-order chi connectivity index (χ1) is 13.0. The number of rotatable bonds is 3. The lowest BCUT2D eigenvalue weighted by Gasteiger charge is -2.34. The number of nitrogens with one attached hydrogen (secondary N) is 1. The maximum absolute atomic E-state index is 12.9. The van der Waals surface area contributed by atoms with Crippen molar-refractivity contribution in [2.75, 3.05) is 18.0 Å². The van der Waals surface area contributed by atoms with Crippen molar-refractivity contribution in [2.45, 2.75) is 71.8 Å². The molecule has 2 aromatic heterocycles. The van der Waals surface area contributed by atoms with Crippen LogP contribution in [0.2, 0.25) is 0 Å². The highest BCUT2D eigenvalue weighted by molar-refractivity contribution is 5.90. The highest BCUT2D eigenvalue weighted by atomic mass is 16.3. The van der Waals surface area contributed by atoms with Crippen LogP contribution in [-0.2, 0) is 4.79 Å². The topological polar surface area (TPSA) is 71.3 Å². The fourth-order valence-corrected chi connectivity index (χ4v) is 4.51. The average molecular weight is 370 g/mol. The molecule has 0 aromatic carbocycles. The average Bonchev–Trinajstić information content (AvgIpc) is 2.95. The Morgan fingerprint density at radius 1 is 1.07 bits per heavy atom. The van der Waals surface area contributed by atoms with Gasteiger partial charge in [0.2, 0.25) is 11.6 Å². The quantitative estimate of drug-likeness (QED) is 0.889. The number of furan rings is 1. The van der Waals surface area contributed by atoms with Crippen molar-refractivity contribution in [2.24, 2.45) is 5.92 Å². The molecule has 1 N–H and O–H groups in total. The molecule has 1 saturated carbocycles. The molecule has 2 fully saturated rings. The number of aryl methyl sites for hydroxylation is 3. The number of carbonyl (C=O) groups is 1. The molecule has 1 atom stereocenters. The molecule has 2 aromatic rings. The second kappa shape index (κ2) is 7.49. The Morgan fingerprint density at radius 3 is 2.63 bits per heavy atom. The number of hydrogen-bond donors (Lipinski definition) is 1. The third kappa shape index (κ3) is 3.66. The van der Waals surface area contributed by atoms with E-state index in [2.05, 4.69) is 22.1 Å². The largest absolute Gasteiger partial charge is 0.443 e. The van der Waals surface area contributed by atoms with Gasteiger partial charge in [-0.1, -0.05) is 19.3 Å². The Morgan fingerprint density at radius 2 is 1.85 bits per heavy atom. The molecular weight excluding hydrogens is 340 g/mol. The molecule has 0 bridgehead atoms. The van der Waals surface area contributed by atoms with Crippen LogP contribution in [0.1, 0.15) is 62.1 Å². The van der Waals surface area contributed by atoms with E-state index in [4.69, 9.17) is 9.40 Å². The van der Waals surface area contributed by atoms with E-state index in [9.17, 15) is 4.79 Å². The number of carbonyl (C=O) groups excluding carboxylic acids is 1. The van der Waals surface area contributed by atoms with Crippen molar-refractivity contribution in [1.29, 1.82) is 0 Å². The van der Waals surface area contributed by atoms with Crippen LogP contribution in [0.5, 0.6) is 0 Å². The summed E-state index contributed by atoms with van der Waals surface area (Å²) < 4.78 is 5.83. The maximum Gasteiger partial charge on any atom is 0.231 e. The highest BCUT2D eigenvalue weighted by Crippen LogP contribution is 2.33. The molecule has 1 amide bonds. The van der Waals surface area contributed by atoms with Gasteiger partial charge in [-0.15, -0.1) is 0 Å². The molecule has 2 aliphatic rings. The van der Waals surface area contributed by atoms with Crippen molar-refractivity contribution in [3.8, 4) is 0 Å². The van der Waals surface area contributed by atoms with Crippen molar-refractivity contribution in [1.82, 2.24) is 15.3 Å². The molecule has 0 radical (unpaired) electrons. The van der Waals surface area contributed by atoms with Gasteiger partial charge in [-0.3, -0.25) is 4.79 Å². The predicted molar refractivity (Wildman–Crippen MR) is 106 cm³/mol. The zero-order valence-electron chi connectivity index (χ0n) is 16.7. The fraction of sp³-hybridized carbons (Fsp3) is 0.667. The van der Waals surface area contributed by atoms with Crippen LogP contribution in [0.15, 0.2) is 4.42 Å². The fourth-order valence-electron chi connectivity index (χ4n) is 4.51. The third-order valence-electron chi connectivity index (χ3n) is 6.16. The predicted octanol–water partition coefficient (Wildman–Crippen LogP) is 3.81. The Labute approximate surface area is 160 Å². The van der Waals surface area contributed by atoms with E-state index in [-0.39, 0.29) is 11.8 Å². The third-order valence-corrected chi connectivity index (χ3v) is 6.16. The van der Waals surface area contributed by atoms with Crippen molar-refractivity contribution >= 4 is 22.8 Å². The minimum absolute atomic E-state index is 0.0271. The van der Waals surface area contributed by atoms with Crippen LogP contribution < -0.4 is 10.2 Å². The highest BCUT2D eigenvalue weighted by Gasteiger charge is 2.30. The summed E-state index contributed by atoms with van der Waals surface area (Å²) >= 11 is 0. The standard InChI is InChI=1S/C21H30N4O2/c1-13-14(2)27-21-18(13)19(22-15(3)23-21)25-11-7-8-16(12-25)20(26)24-17-9-5-4-6-10-17/h16-17H,4-12H2,1-3H3,(H,24,26)/t16-/m1/s1. The Kier molecular flexibility index (Phi) is 5.06. The normalized spacial score (nSPS) is 21.6. The van der Waals surface area contributed by atoms with Gasteiger partial charge in [0.1, 0.15) is 17.4 Å². The second-order valence-corrected chi connectivity index (χ2v) is 8.19. The van der Waals surface area contributed by atoms with E-state index < -0.39 is 0 Å². The number of nitrogens with zero attached hydrogens (tertiary/aromatic N) is 3. The summed E-state index contributed by atoms with van der Waals surface area (Å²) in [5.74, 6) is 2.75. The zero-order chi connectivity index (χ0) is 19.0. The molecule has 146 valence electrons. The van der Waals surface area contributed by atoms with Gasteiger partial charge in [0, 0.05) is 24.7 Å². The molecule has 27 heavy (non-hydrogen) atoms. The van der Waals surface area contributed by atoms with Crippen LogP contribution in [0, 0.1) is 26.7 Å². The molecule has 4 rings (SSSR count). The first kappa shape index (κ1) is 18.3. The lowest BCUT2D eigenvalue weighted by Crippen LogP contribution is -2.46. The molecule has 6 heteroatoms. The summed E-state index contributed by atoms with van der Waals surface area (Å²) in [4.78, 5) is 24.3. The Balaban J connectivity index is 1.54. The minimum atomic E-state index is 0.0271. The number of piperidine rings is 1. The lowest BCUT2D eigenvalue weighted by atomic mass is 9.93. The maximum atomic E-state index is 12.9. The van der Waals surface area contributed by atoms with E-state index in [1.165, 1.54) is 19.3 Å². The summed E-state index contributed by atoms with van der Waals surface area (Å²) in [6.07, 6.45) is 7.98. The molecule has 1 aliphatic heterocycles. The monoisotopic (exact) mass is 370 g/mol. The number of anilines is 1. The number of fused-ring (bicyclic) bond motifs is 1. The van der Waals surface area contributed by atoms with Gasteiger partial charge in [0.15, 0.2) is 0 Å². The first-order valence-electron chi connectivity index (χ1n) is 10.3. The van der Waals surface area contributed by atoms with Crippen LogP contribution in [-0.4, -0.2) is 35.0 Å². The first-order valence-corrected chi connectivity index (χ1v) is 10.3. The van der Waals surface area contributed by atoms with E-state index in [0.29, 0.717) is 24.1 Å². The Hall–Kier alpha value is -2.11. The van der Waals surface area contributed by atoms with Gasteiger partial charge in [-0.2, -0.15) is 4.98 Å². The molecule has 6 nitrogen and oxygen atoms in total. The van der Waals surface area contributed by atoms with Gasteiger partial charge in [0.05, 0.1) is 11.3 Å². The smallest absolute Gasteiger partial charge is 0.231 e. The number of aromatic nitrogens is 2. The zero-order valence-corrected chi connectivity index (χ0v) is 16.7. The molecule has 0 spiro atoms. The van der Waals surface area contributed by atoms with Gasteiger partial charge < -0.3 is 14.6 Å². The van der Waals surface area contributed by atoms with Gasteiger partial charge in [-0.25, -0.2) is 4.98 Å². The molecule has 1 saturated heterocycles. The van der Waals surface area contributed by atoms with Crippen LogP contribution in [0.3, 0.4) is 0 Å². The molecule has 3 heterocycles. The van der Waals surface area contributed by atoms with Crippen molar-refractivity contribution < 1.29 is 9.21 Å². The lowest BCUT2D eigenvalue weighted by molar-refractivity contribution is -0.126. The van der Waals surface area contributed by atoms with E-state index in [1.54, 1.807) is 0 Å². The van der Waals surface area contributed by atoms with E-state index in [1.807, 2.05) is 13.8 Å². The molecular formula is C21H30N4O2. The van der Waals surface area contributed by atoms with Crippen LogP contribution in [0.25, 0.3) is 11.1 Å². The van der Waals surface area contributed by atoms with Gasteiger partial charge in [0.25, 0.3) is 0 Å². The SMILES string of the molecule is Cc1nc(N2CCC[C@@H](C(=O)NC3CCCCC3)C2)c2c(C)c(C)oc2n1.